The first kappa shape index (κ1) is 16.1. The first-order valence-corrected chi connectivity index (χ1v) is 9.17. The molecule has 25 heavy (non-hydrogen) atoms. The van der Waals surface area contributed by atoms with Crippen LogP contribution in [0.3, 0.4) is 0 Å². The molecule has 0 unspecified atom stereocenters. The van der Waals surface area contributed by atoms with Crippen LogP contribution < -0.4 is 5.32 Å². The molecule has 1 saturated heterocycles. The van der Waals surface area contributed by atoms with Gasteiger partial charge in [-0.2, -0.15) is 0 Å². The molecule has 0 aliphatic carbocycles. The Hall–Kier alpha value is -2.38. The minimum absolute atomic E-state index is 0.177. The number of nitrogens with one attached hydrogen (secondary N) is 2. The first-order valence-electron chi connectivity index (χ1n) is 7.91. The van der Waals surface area contributed by atoms with Crippen LogP contribution in [-0.4, -0.2) is 39.3 Å². The second-order valence-electron chi connectivity index (χ2n) is 5.90. The Morgan fingerprint density at radius 2 is 2.24 bits per heavy atom. The summed E-state index contributed by atoms with van der Waals surface area (Å²) in [6, 6.07) is 6.71. The van der Waals surface area contributed by atoms with E-state index >= 15 is 0 Å². The molecule has 1 aliphatic rings. The second kappa shape index (κ2) is 6.50. The van der Waals surface area contributed by atoms with E-state index in [-0.39, 0.29) is 11.8 Å². The molecule has 1 atom stereocenters. The Balaban J connectivity index is 1.56. The molecule has 0 spiro atoms. The number of likely N-dealkylation sites (tertiary alicyclic amines) is 1. The molecule has 6 nitrogen and oxygen atoms in total. The van der Waals surface area contributed by atoms with Crippen molar-refractivity contribution in [3.63, 3.8) is 0 Å². The number of fused-ring (bicyclic) bond motifs is 1. The molecule has 4 rings (SSSR count). The highest BCUT2D eigenvalue weighted by molar-refractivity contribution is 7.13. The fraction of sp³-hybridized carbons (Fsp3) is 0.235. The van der Waals surface area contributed by atoms with Crippen molar-refractivity contribution in [2.45, 2.75) is 18.9 Å². The van der Waals surface area contributed by atoms with Crippen molar-refractivity contribution in [3.8, 4) is 0 Å². The monoisotopic (exact) mass is 374 g/mol. The van der Waals surface area contributed by atoms with Gasteiger partial charge in [-0.1, -0.05) is 11.6 Å². The summed E-state index contributed by atoms with van der Waals surface area (Å²) in [5.74, 6) is -0.371. The predicted octanol–water partition coefficient (Wildman–Crippen LogP) is 3.52. The smallest absolute Gasteiger partial charge is 0.270 e. The lowest BCUT2D eigenvalue weighted by molar-refractivity contribution is -0.119. The van der Waals surface area contributed by atoms with E-state index in [1.165, 1.54) is 11.3 Å². The molecule has 0 bridgehead atoms. The van der Waals surface area contributed by atoms with E-state index in [9.17, 15) is 9.59 Å². The molecule has 2 aromatic heterocycles. The predicted molar refractivity (Wildman–Crippen MR) is 98.1 cm³/mol. The highest BCUT2D eigenvalue weighted by atomic mass is 35.5. The molecule has 3 aromatic rings. The number of H-pyrrole nitrogens is 1. The second-order valence-corrected chi connectivity index (χ2v) is 7.23. The number of thiazole rings is 1. The average Bonchev–Trinajstić information content (AvgIpc) is 3.33. The summed E-state index contributed by atoms with van der Waals surface area (Å²) in [6.45, 7) is 0.560. The SMILES string of the molecule is O=C(Nc1nccs1)[C@H]1CCCN1C(=O)c1cc2cc(Cl)ccc2[nH]1. The van der Waals surface area contributed by atoms with Gasteiger partial charge < -0.3 is 15.2 Å². The van der Waals surface area contributed by atoms with Crippen LogP contribution in [0.25, 0.3) is 10.9 Å². The number of anilines is 1. The van der Waals surface area contributed by atoms with Crippen molar-refractivity contribution >= 4 is 50.8 Å². The molecule has 0 saturated carbocycles. The van der Waals surface area contributed by atoms with Crippen molar-refractivity contribution in [2.24, 2.45) is 0 Å². The van der Waals surface area contributed by atoms with Gasteiger partial charge in [0, 0.05) is 34.0 Å². The Labute approximate surface area is 152 Å². The number of halogens is 1. The Morgan fingerprint density at radius 3 is 3.04 bits per heavy atom. The number of hydrogen-bond donors (Lipinski definition) is 2. The molecule has 128 valence electrons. The van der Waals surface area contributed by atoms with E-state index in [2.05, 4.69) is 15.3 Å². The third-order valence-corrected chi connectivity index (χ3v) is 5.22. The molecular weight excluding hydrogens is 360 g/mol. The van der Waals surface area contributed by atoms with Gasteiger partial charge in [-0.3, -0.25) is 9.59 Å². The van der Waals surface area contributed by atoms with Gasteiger partial charge in [-0.15, -0.1) is 11.3 Å². The van der Waals surface area contributed by atoms with Crippen LogP contribution in [0.4, 0.5) is 5.13 Å². The van der Waals surface area contributed by atoms with E-state index in [0.717, 1.165) is 17.3 Å². The number of aromatic amines is 1. The Kier molecular flexibility index (Phi) is 4.19. The van der Waals surface area contributed by atoms with Crippen LogP contribution in [-0.2, 0) is 4.79 Å². The van der Waals surface area contributed by atoms with Gasteiger partial charge in [0.15, 0.2) is 5.13 Å². The summed E-state index contributed by atoms with van der Waals surface area (Å²) in [5.41, 5.74) is 1.31. The molecule has 1 aliphatic heterocycles. The number of nitrogens with zero attached hydrogens (tertiary/aromatic N) is 2. The molecule has 1 aromatic carbocycles. The van der Waals surface area contributed by atoms with Crippen LogP contribution in [0.2, 0.25) is 5.02 Å². The highest BCUT2D eigenvalue weighted by Gasteiger charge is 2.35. The number of carbonyl (C=O) groups excluding carboxylic acids is 2. The molecule has 0 radical (unpaired) electrons. The fourth-order valence-electron chi connectivity index (χ4n) is 3.13. The number of aromatic nitrogens is 2. The molecule has 1 fully saturated rings. The zero-order valence-electron chi connectivity index (χ0n) is 13.2. The number of carbonyl (C=O) groups is 2. The maximum atomic E-state index is 12.9. The van der Waals surface area contributed by atoms with Crippen molar-refractivity contribution in [1.82, 2.24) is 14.9 Å². The number of benzene rings is 1. The van der Waals surface area contributed by atoms with Gasteiger partial charge in [0.25, 0.3) is 5.91 Å². The topological polar surface area (TPSA) is 78.1 Å². The van der Waals surface area contributed by atoms with Crippen molar-refractivity contribution < 1.29 is 9.59 Å². The van der Waals surface area contributed by atoms with Crippen LogP contribution in [0.15, 0.2) is 35.8 Å². The van der Waals surface area contributed by atoms with Crippen molar-refractivity contribution in [3.05, 3.63) is 46.6 Å². The van der Waals surface area contributed by atoms with Crippen LogP contribution in [0, 0.1) is 0 Å². The van der Waals surface area contributed by atoms with E-state index in [0.29, 0.717) is 28.8 Å². The zero-order valence-corrected chi connectivity index (χ0v) is 14.7. The standard InChI is InChI=1S/C17H15ClN4O2S/c18-11-3-4-12-10(8-11)9-13(20-12)16(24)22-6-1-2-14(22)15(23)21-17-19-5-7-25-17/h3-5,7-9,14,20H,1-2,6H2,(H,19,21,23)/t14-/m1/s1. The van der Waals surface area contributed by atoms with E-state index in [1.807, 2.05) is 6.07 Å². The lowest BCUT2D eigenvalue weighted by Crippen LogP contribution is -2.43. The van der Waals surface area contributed by atoms with Gasteiger partial charge in [0.2, 0.25) is 5.91 Å². The Morgan fingerprint density at radius 1 is 1.36 bits per heavy atom. The van der Waals surface area contributed by atoms with E-state index in [1.54, 1.807) is 34.7 Å². The van der Waals surface area contributed by atoms with Crippen LogP contribution in [0.1, 0.15) is 23.3 Å². The summed E-state index contributed by atoms with van der Waals surface area (Å²) in [5, 5.41) is 6.61. The van der Waals surface area contributed by atoms with E-state index < -0.39 is 6.04 Å². The minimum Gasteiger partial charge on any atom is -0.351 e. The highest BCUT2D eigenvalue weighted by Crippen LogP contribution is 2.25. The quantitative estimate of drug-likeness (QED) is 0.736. The fourth-order valence-corrected chi connectivity index (χ4v) is 3.84. The summed E-state index contributed by atoms with van der Waals surface area (Å²) in [4.78, 5) is 34.2. The zero-order chi connectivity index (χ0) is 17.4. The minimum atomic E-state index is -0.480. The average molecular weight is 375 g/mol. The first-order chi connectivity index (χ1) is 12.1. The van der Waals surface area contributed by atoms with Gasteiger partial charge in [0.1, 0.15) is 11.7 Å². The molecule has 8 heteroatoms. The van der Waals surface area contributed by atoms with Gasteiger partial charge in [-0.05, 0) is 37.1 Å². The maximum Gasteiger partial charge on any atom is 0.270 e. The molecule has 2 N–H and O–H groups in total. The number of hydrogen-bond acceptors (Lipinski definition) is 4. The van der Waals surface area contributed by atoms with Crippen molar-refractivity contribution in [1.29, 1.82) is 0 Å². The van der Waals surface area contributed by atoms with E-state index in [4.69, 9.17) is 11.6 Å². The third-order valence-electron chi connectivity index (χ3n) is 4.29. The number of amides is 2. The molecule has 2 amide bonds. The summed E-state index contributed by atoms with van der Waals surface area (Å²) >= 11 is 7.36. The van der Waals surface area contributed by atoms with Gasteiger partial charge >= 0.3 is 0 Å². The molecule has 3 heterocycles. The number of rotatable bonds is 3. The summed E-state index contributed by atoms with van der Waals surface area (Å²) in [6.07, 6.45) is 3.08. The maximum absolute atomic E-state index is 12.9. The third kappa shape index (κ3) is 3.12. The molecular formula is C17H15ClN4O2S. The van der Waals surface area contributed by atoms with Crippen molar-refractivity contribution in [2.75, 3.05) is 11.9 Å². The van der Waals surface area contributed by atoms with Gasteiger partial charge in [0.05, 0.1) is 0 Å². The normalized spacial score (nSPS) is 17.2. The Bertz CT molecular complexity index is 937. The summed E-state index contributed by atoms with van der Waals surface area (Å²) < 4.78 is 0. The van der Waals surface area contributed by atoms with Gasteiger partial charge in [-0.25, -0.2) is 4.98 Å². The van der Waals surface area contributed by atoms with Crippen LogP contribution in [0.5, 0.6) is 0 Å². The lowest BCUT2D eigenvalue weighted by Gasteiger charge is -2.23. The largest absolute Gasteiger partial charge is 0.351 e. The summed E-state index contributed by atoms with van der Waals surface area (Å²) in [7, 11) is 0. The lowest BCUT2D eigenvalue weighted by atomic mass is 10.2. The van der Waals surface area contributed by atoms with Crippen LogP contribution >= 0.6 is 22.9 Å².